The molecule has 0 bridgehead atoms. The van der Waals surface area contributed by atoms with Crippen LogP contribution >= 0.6 is 23.2 Å². The second kappa shape index (κ2) is 16.7. The van der Waals surface area contributed by atoms with Crippen molar-refractivity contribution in [2.45, 2.75) is 50.2 Å². The van der Waals surface area contributed by atoms with Gasteiger partial charge in [-0.05, 0) is 60.9 Å². The zero-order valence-electron chi connectivity index (χ0n) is 27.2. The number of para-hydroxylation sites is 1. The fourth-order valence-electron chi connectivity index (χ4n) is 5.06. The van der Waals surface area contributed by atoms with Gasteiger partial charge in [0.2, 0.25) is 11.8 Å². The number of hydrogen-bond acceptors (Lipinski definition) is 6. The molecule has 0 aliphatic rings. The molecule has 0 fully saturated rings. The fourth-order valence-corrected chi connectivity index (χ4v) is 6.81. The summed E-state index contributed by atoms with van der Waals surface area (Å²) >= 11 is 12.5. The number of methoxy groups -OCH3 is 2. The van der Waals surface area contributed by atoms with Crippen LogP contribution in [0.4, 0.5) is 5.69 Å². The third kappa shape index (κ3) is 9.00. The van der Waals surface area contributed by atoms with Crippen LogP contribution in [0.15, 0.2) is 102 Å². The summed E-state index contributed by atoms with van der Waals surface area (Å²) in [4.78, 5) is 29.9. The van der Waals surface area contributed by atoms with Crippen molar-refractivity contribution in [2.75, 3.05) is 25.1 Å². The first-order valence-electron chi connectivity index (χ1n) is 15.4. The third-order valence-corrected chi connectivity index (χ3v) is 10.4. The Kier molecular flexibility index (Phi) is 12.7. The van der Waals surface area contributed by atoms with Crippen LogP contribution in [0.3, 0.4) is 0 Å². The van der Waals surface area contributed by atoms with Crippen LogP contribution in [0.1, 0.15) is 31.4 Å². The predicted octanol–water partition coefficient (Wildman–Crippen LogP) is 6.76. The molecule has 12 heteroatoms. The van der Waals surface area contributed by atoms with Gasteiger partial charge in [0, 0.05) is 25.1 Å². The molecule has 0 radical (unpaired) electrons. The van der Waals surface area contributed by atoms with Gasteiger partial charge < -0.3 is 19.7 Å². The third-order valence-electron chi connectivity index (χ3n) is 7.88. The summed E-state index contributed by atoms with van der Waals surface area (Å²) in [6, 6.07) is 25.7. The van der Waals surface area contributed by atoms with Gasteiger partial charge in [-0.25, -0.2) is 8.42 Å². The van der Waals surface area contributed by atoms with E-state index in [0.29, 0.717) is 22.8 Å². The van der Waals surface area contributed by atoms with Gasteiger partial charge in [0.25, 0.3) is 10.0 Å². The molecule has 4 aromatic rings. The van der Waals surface area contributed by atoms with Gasteiger partial charge in [0.05, 0.1) is 34.8 Å². The van der Waals surface area contributed by atoms with E-state index < -0.39 is 28.5 Å². The summed E-state index contributed by atoms with van der Waals surface area (Å²) in [5, 5.41) is 3.64. The zero-order valence-corrected chi connectivity index (χ0v) is 29.6. The number of hydrogen-bond donors (Lipinski definition) is 1. The largest absolute Gasteiger partial charge is 0.493 e. The van der Waals surface area contributed by atoms with E-state index in [-0.39, 0.29) is 46.3 Å². The lowest BCUT2D eigenvalue weighted by Crippen LogP contribution is -2.54. The zero-order chi connectivity index (χ0) is 34.8. The Balaban J connectivity index is 1.83. The van der Waals surface area contributed by atoms with E-state index in [9.17, 15) is 18.0 Å². The Hall–Kier alpha value is -4.25. The van der Waals surface area contributed by atoms with Crippen molar-refractivity contribution in [3.8, 4) is 11.5 Å². The molecular formula is C36H39Cl2N3O6S. The minimum absolute atomic E-state index is 0.0415. The topological polar surface area (TPSA) is 105 Å². The number of halogens is 2. The van der Waals surface area contributed by atoms with E-state index in [4.69, 9.17) is 32.7 Å². The van der Waals surface area contributed by atoms with Crippen molar-refractivity contribution in [1.29, 1.82) is 0 Å². The number of benzene rings is 4. The first-order valence-corrected chi connectivity index (χ1v) is 17.6. The average molecular weight is 713 g/mol. The lowest BCUT2D eigenvalue weighted by Gasteiger charge is -2.34. The number of carbonyl (C=O) groups excluding carboxylic acids is 2. The first kappa shape index (κ1) is 36.6. The Bertz CT molecular complexity index is 1810. The first-order chi connectivity index (χ1) is 23.0. The maximum absolute atomic E-state index is 14.6. The molecule has 4 aromatic carbocycles. The summed E-state index contributed by atoms with van der Waals surface area (Å²) in [5.74, 6) is -0.406. The van der Waals surface area contributed by atoms with E-state index in [1.807, 2.05) is 44.2 Å². The normalized spacial score (nSPS) is 12.5. The molecule has 0 aromatic heterocycles. The second-order valence-corrected chi connectivity index (χ2v) is 13.8. The van der Waals surface area contributed by atoms with E-state index in [1.165, 1.54) is 37.3 Å². The molecule has 4 rings (SSSR count). The smallest absolute Gasteiger partial charge is 0.264 e. The van der Waals surface area contributed by atoms with Crippen LogP contribution in [0.25, 0.3) is 0 Å². The average Bonchev–Trinajstić information content (AvgIpc) is 3.10. The predicted molar refractivity (Wildman–Crippen MR) is 189 cm³/mol. The van der Waals surface area contributed by atoms with Gasteiger partial charge in [0.1, 0.15) is 12.6 Å². The van der Waals surface area contributed by atoms with Crippen molar-refractivity contribution in [1.82, 2.24) is 10.2 Å². The van der Waals surface area contributed by atoms with E-state index in [2.05, 4.69) is 5.32 Å². The number of carbonyl (C=O) groups is 2. The minimum atomic E-state index is -4.34. The van der Waals surface area contributed by atoms with Crippen LogP contribution < -0.4 is 19.1 Å². The molecule has 254 valence electrons. The van der Waals surface area contributed by atoms with Gasteiger partial charge in [-0.2, -0.15) is 0 Å². The van der Waals surface area contributed by atoms with Crippen LogP contribution in [-0.2, 0) is 32.6 Å². The fraction of sp³-hybridized carbons (Fsp3) is 0.278. The van der Waals surface area contributed by atoms with Gasteiger partial charge in [-0.1, -0.05) is 84.7 Å². The summed E-state index contributed by atoms with van der Waals surface area (Å²) in [5.41, 5.74) is 1.70. The van der Waals surface area contributed by atoms with Gasteiger partial charge in [-0.15, -0.1) is 0 Å². The molecule has 0 saturated carbocycles. The standard InChI is InChI=1S/C36H39Cl2N3O6S/c1-5-25(2)39-36(43)32(21-26-12-8-6-9-13-26)40(23-27-16-18-30(37)31(38)20-27)35(42)24-41(28-14-10-7-11-15-28)48(44,45)29-17-19-33(46-3)34(22-29)47-4/h6-20,22,25,32H,5,21,23-24H2,1-4H3,(H,39,43)/t25-,32+/m0/s1. The number of sulfonamides is 1. The highest BCUT2D eigenvalue weighted by Gasteiger charge is 2.35. The van der Waals surface area contributed by atoms with E-state index in [1.54, 1.807) is 48.5 Å². The Morgan fingerprint density at radius 2 is 1.46 bits per heavy atom. The van der Waals surface area contributed by atoms with E-state index >= 15 is 0 Å². The highest BCUT2D eigenvalue weighted by molar-refractivity contribution is 7.92. The van der Waals surface area contributed by atoms with Crippen molar-refractivity contribution in [3.05, 3.63) is 118 Å². The molecule has 0 aliphatic heterocycles. The van der Waals surface area contributed by atoms with Crippen molar-refractivity contribution >= 4 is 50.7 Å². The monoisotopic (exact) mass is 711 g/mol. The van der Waals surface area contributed by atoms with Crippen molar-refractivity contribution in [2.24, 2.45) is 0 Å². The number of nitrogens with zero attached hydrogens (tertiary/aromatic N) is 2. The summed E-state index contributed by atoms with van der Waals surface area (Å²) < 4.78 is 40.4. The van der Waals surface area contributed by atoms with Gasteiger partial charge >= 0.3 is 0 Å². The van der Waals surface area contributed by atoms with Crippen LogP contribution in [-0.4, -0.2) is 58.0 Å². The van der Waals surface area contributed by atoms with Crippen molar-refractivity contribution < 1.29 is 27.5 Å². The minimum Gasteiger partial charge on any atom is -0.493 e. The SMILES string of the molecule is CC[C@H](C)NC(=O)[C@@H](Cc1ccccc1)N(Cc1ccc(Cl)c(Cl)c1)C(=O)CN(c1ccccc1)S(=O)(=O)c1ccc(OC)c(OC)c1. The summed E-state index contributed by atoms with van der Waals surface area (Å²) in [6.07, 6.45) is 0.861. The molecule has 1 N–H and O–H groups in total. The summed E-state index contributed by atoms with van der Waals surface area (Å²) in [6.45, 7) is 3.19. The maximum atomic E-state index is 14.6. The lowest BCUT2D eigenvalue weighted by atomic mass is 10.0. The van der Waals surface area contributed by atoms with E-state index in [0.717, 1.165) is 9.87 Å². The quantitative estimate of drug-likeness (QED) is 0.146. The molecule has 9 nitrogen and oxygen atoms in total. The highest BCUT2D eigenvalue weighted by atomic mass is 35.5. The number of amides is 2. The molecule has 2 amide bonds. The second-order valence-electron chi connectivity index (χ2n) is 11.2. The summed E-state index contributed by atoms with van der Waals surface area (Å²) in [7, 11) is -1.48. The molecule has 0 spiro atoms. The van der Waals surface area contributed by atoms with Crippen LogP contribution in [0.2, 0.25) is 10.0 Å². The van der Waals surface area contributed by atoms with Gasteiger partial charge in [0.15, 0.2) is 11.5 Å². The molecule has 0 unspecified atom stereocenters. The van der Waals surface area contributed by atoms with Gasteiger partial charge in [-0.3, -0.25) is 13.9 Å². The van der Waals surface area contributed by atoms with Crippen molar-refractivity contribution in [3.63, 3.8) is 0 Å². The molecule has 2 atom stereocenters. The molecule has 48 heavy (non-hydrogen) atoms. The van der Waals surface area contributed by atoms with Crippen LogP contribution in [0, 0.1) is 0 Å². The number of ether oxygens (including phenoxy) is 2. The Morgan fingerprint density at radius 1 is 0.812 bits per heavy atom. The lowest BCUT2D eigenvalue weighted by molar-refractivity contribution is -0.140. The number of rotatable bonds is 15. The molecule has 0 aliphatic carbocycles. The molecule has 0 heterocycles. The number of nitrogens with one attached hydrogen (secondary N) is 1. The molecular weight excluding hydrogens is 673 g/mol. The molecule has 0 saturated heterocycles. The highest BCUT2D eigenvalue weighted by Crippen LogP contribution is 2.32. The van der Waals surface area contributed by atoms with Crippen LogP contribution in [0.5, 0.6) is 11.5 Å². The number of anilines is 1. The Morgan fingerprint density at radius 3 is 2.06 bits per heavy atom. The maximum Gasteiger partial charge on any atom is 0.264 e. The Labute approximate surface area is 292 Å².